The number of aryl methyl sites for hydroxylation is 1. The second-order valence-corrected chi connectivity index (χ2v) is 11.5. The smallest absolute Gasteiger partial charge is 0.266 e. The van der Waals surface area contributed by atoms with Gasteiger partial charge in [0.15, 0.2) is 0 Å². The summed E-state index contributed by atoms with van der Waals surface area (Å²) in [5.41, 5.74) is 10.6. The van der Waals surface area contributed by atoms with Gasteiger partial charge in [0, 0.05) is 25.2 Å². The van der Waals surface area contributed by atoms with E-state index in [0.29, 0.717) is 19.0 Å². The van der Waals surface area contributed by atoms with Crippen molar-refractivity contribution in [2.45, 2.75) is 59.5 Å². The van der Waals surface area contributed by atoms with Gasteiger partial charge in [-0.3, -0.25) is 9.69 Å². The number of aromatic nitrogens is 1. The summed E-state index contributed by atoms with van der Waals surface area (Å²) in [5, 5.41) is 10.2. The van der Waals surface area contributed by atoms with Crippen LogP contribution >= 0.6 is 0 Å². The summed E-state index contributed by atoms with van der Waals surface area (Å²) in [6.07, 6.45) is 2.23. The Kier molecular flexibility index (Phi) is 7.87. The lowest BCUT2D eigenvalue weighted by Gasteiger charge is -2.33. The molecule has 202 valence electrons. The number of aromatic amines is 1. The molecule has 0 atom stereocenters. The summed E-state index contributed by atoms with van der Waals surface area (Å²) in [6.45, 7) is 12.9. The van der Waals surface area contributed by atoms with Crippen LogP contribution < -0.4 is 5.56 Å². The Labute approximate surface area is 237 Å². The molecular formula is C36H37N3O. The van der Waals surface area contributed by atoms with Crippen molar-refractivity contribution in [3.8, 4) is 17.2 Å². The van der Waals surface area contributed by atoms with Crippen molar-refractivity contribution in [3.63, 3.8) is 0 Å². The predicted molar refractivity (Wildman–Crippen MR) is 165 cm³/mol. The minimum atomic E-state index is -0.329. The zero-order valence-corrected chi connectivity index (χ0v) is 24.1. The van der Waals surface area contributed by atoms with Crippen LogP contribution in [0.2, 0.25) is 0 Å². The SMILES string of the molecule is Cc1ccc(CN2C/C(=C/c3ccccc3C(C)C)c3[nH]c(=O)c(C#N)c(-c4ccccc4C(C)C)c3C2)cc1. The molecule has 0 aliphatic carbocycles. The molecule has 0 spiro atoms. The van der Waals surface area contributed by atoms with Crippen LogP contribution in [-0.2, 0) is 13.1 Å². The van der Waals surface area contributed by atoms with Gasteiger partial charge in [-0.25, -0.2) is 0 Å². The third-order valence-corrected chi connectivity index (χ3v) is 7.85. The van der Waals surface area contributed by atoms with Crippen LogP contribution in [0.3, 0.4) is 0 Å². The van der Waals surface area contributed by atoms with Gasteiger partial charge in [0.1, 0.15) is 11.6 Å². The van der Waals surface area contributed by atoms with Crippen molar-refractivity contribution in [2.24, 2.45) is 0 Å². The molecule has 0 amide bonds. The Morgan fingerprint density at radius 1 is 0.900 bits per heavy atom. The van der Waals surface area contributed by atoms with Crippen molar-refractivity contribution in [2.75, 3.05) is 6.54 Å². The van der Waals surface area contributed by atoms with Gasteiger partial charge < -0.3 is 4.98 Å². The highest BCUT2D eigenvalue weighted by atomic mass is 16.1. The van der Waals surface area contributed by atoms with Gasteiger partial charge in [0.2, 0.25) is 0 Å². The molecule has 40 heavy (non-hydrogen) atoms. The van der Waals surface area contributed by atoms with Crippen molar-refractivity contribution in [1.82, 2.24) is 9.88 Å². The Morgan fingerprint density at radius 3 is 2.23 bits per heavy atom. The second kappa shape index (κ2) is 11.5. The molecule has 1 N–H and O–H groups in total. The van der Waals surface area contributed by atoms with Crippen LogP contribution in [0.1, 0.15) is 84.2 Å². The molecular weight excluding hydrogens is 490 g/mol. The average molecular weight is 528 g/mol. The number of fused-ring (bicyclic) bond motifs is 1. The lowest BCUT2D eigenvalue weighted by atomic mass is 9.84. The summed E-state index contributed by atoms with van der Waals surface area (Å²) in [6, 6.07) is 27.6. The van der Waals surface area contributed by atoms with E-state index in [4.69, 9.17) is 0 Å². The first kappa shape index (κ1) is 27.4. The Balaban J connectivity index is 1.76. The number of benzene rings is 3. The number of hydrogen-bond donors (Lipinski definition) is 1. The molecule has 0 bridgehead atoms. The third kappa shape index (κ3) is 5.43. The summed E-state index contributed by atoms with van der Waals surface area (Å²) in [7, 11) is 0. The van der Waals surface area contributed by atoms with E-state index in [2.05, 4.69) is 117 Å². The third-order valence-electron chi connectivity index (χ3n) is 7.85. The Bertz CT molecular complexity index is 1670. The fraction of sp³-hybridized carbons (Fsp3) is 0.278. The van der Waals surface area contributed by atoms with E-state index >= 15 is 0 Å². The van der Waals surface area contributed by atoms with Crippen molar-refractivity contribution < 1.29 is 0 Å². The maximum atomic E-state index is 13.5. The van der Waals surface area contributed by atoms with Crippen molar-refractivity contribution in [3.05, 3.63) is 128 Å². The summed E-state index contributed by atoms with van der Waals surface area (Å²) in [4.78, 5) is 19.0. The van der Waals surface area contributed by atoms with E-state index in [1.807, 2.05) is 12.1 Å². The molecule has 0 unspecified atom stereocenters. The predicted octanol–water partition coefficient (Wildman–Crippen LogP) is 8.03. The molecule has 1 aliphatic heterocycles. The summed E-state index contributed by atoms with van der Waals surface area (Å²) < 4.78 is 0. The minimum absolute atomic E-state index is 0.186. The number of nitrogens with zero attached hydrogens (tertiary/aromatic N) is 2. The van der Waals surface area contributed by atoms with Crippen LogP contribution in [0, 0.1) is 18.3 Å². The topological polar surface area (TPSA) is 59.9 Å². The minimum Gasteiger partial charge on any atom is -0.321 e. The molecule has 4 aromatic rings. The zero-order chi connectivity index (χ0) is 28.4. The normalized spacial score (nSPS) is 14.5. The molecule has 0 saturated heterocycles. The van der Waals surface area contributed by atoms with Gasteiger partial charge in [0.25, 0.3) is 5.56 Å². The zero-order valence-electron chi connectivity index (χ0n) is 24.1. The molecule has 0 radical (unpaired) electrons. The van der Waals surface area contributed by atoms with Crippen LogP contribution in [-0.4, -0.2) is 16.4 Å². The highest BCUT2D eigenvalue weighted by molar-refractivity contribution is 5.88. The number of nitrogens with one attached hydrogen (secondary N) is 1. The van der Waals surface area contributed by atoms with Crippen molar-refractivity contribution in [1.29, 1.82) is 5.26 Å². The molecule has 4 nitrogen and oxygen atoms in total. The lowest BCUT2D eigenvalue weighted by molar-refractivity contribution is 0.282. The molecule has 2 heterocycles. The van der Waals surface area contributed by atoms with Crippen molar-refractivity contribution >= 4 is 11.6 Å². The van der Waals surface area contributed by atoms with Gasteiger partial charge in [-0.1, -0.05) is 106 Å². The molecule has 5 rings (SSSR count). The maximum absolute atomic E-state index is 13.5. The van der Waals surface area contributed by atoms with E-state index in [-0.39, 0.29) is 17.0 Å². The lowest BCUT2D eigenvalue weighted by Crippen LogP contribution is -2.33. The van der Waals surface area contributed by atoms with Gasteiger partial charge >= 0.3 is 0 Å². The van der Waals surface area contributed by atoms with Gasteiger partial charge in [-0.15, -0.1) is 0 Å². The molecule has 3 aromatic carbocycles. The molecule has 4 heteroatoms. The summed E-state index contributed by atoms with van der Waals surface area (Å²) >= 11 is 0. The van der Waals surface area contributed by atoms with Gasteiger partial charge in [-0.05, 0) is 63.8 Å². The number of H-pyrrole nitrogens is 1. The van der Waals surface area contributed by atoms with Crippen LogP contribution in [0.5, 0.6) is 0 Å². The van der Waals surface area contributed by atoms with E-state index < -0.39 is 0 Å². The monoisotopic (exact) mass is 527 g/mol. The molecule has 0 fully saturated rings. The van der Waals surface area contributed by atoms with E-state index in [0.717, 1.165) is 45.6 Å². The van der Waals surface area contributed by atoms with E-state index in [1.165, 1.54) is 16.7 Å². The van der Waals surface area contributed by atoms with Crippen LogP contribution in [0.25, 0.3) is 22.8 Å². The van der Waals surface area contributed by atoms with E-state index in [9.17, 15) is 10.1 Å². The first-order valence-electron chi connectivity index (χ1n) is 14.1. The van der Waals surface area contributed by atoms with Gasteiger partial charge in [-0.2, -0.15) is 5.26 Å². The first-order valence-corrected chi connectivity index (χ1v) is 14.1. The highest BCUT2D eigenvalue weighted by Crippen LogP contribution is 2.39. The average Bonchev–Trinajstić information content (AvgIpc) is 2.94. The van der Waals surface area contributed by atoms with Crippen LogP contribution in [0.15, 0.2) is 77.6 Å². The molecule has 1 aromatic heterocycles. The number of pyridine rings is 1. The van der Waals surface area contributed by atoms with Gasteiger partial charge in [0.05, 0.1) is 5.69 Å². The number of rotatable bonds is 6. The number of nitriles is 1. The number of hydrogen-bond acceptors (Lipinski definition) is 3. The fourth-order valence-electron chi connectivity index (χ4n) is 5.84. The standard InChI is InChI=1S/C36H37N3O/c1-23(2)29-11-7-6-10-27(29)18-28-21-39(20-26-16-14-25(5)15-17-26)22-33-34(32(19-37)36(40)38-35(28)33)31-13-9-8-12-30(31)24(3)4/h6-18,23-24H,20-22H2,1-5H3,(H,38,40)/b28-18-. The summed E-state index contributed by atoms with van der Waals surface area (Å²) in [5.74, 6) is 0.617. The first-order chi connectivity index (χ1) is 19.3. The second-order valence-electron chi connectivity index (χ2n) is 11.5. The molecule has 1 aliphatic rings. The fourth-order valence-corrected chi connectivity index (χ4v) is 5.84. The highest BCUT2D eigenvalue weighted by Gasteiger charge is 2.29. The Hall–Kier alpha value is -4.20. The largest absolute Gasteiger partial charge is 0.321 e. The van der Waals surface area contributed by atoms with Crippen LogP contribution in [0.4, 0.5) is 0 Å². The Morgan fingerprint density at radius 2 is 1.55 bits per heavy atom. The van der Waals surface area contributed by atoms with E-state index in [1.54, 1.807) is 0 Å². The molecule has 0 saturated carbocycles. The maximum Gasteiger partial charge on any atom is 0.266 e. The quantitative estimate of drug-likeness (QED) is 0.276.